The van der Waals surface area contributed by atoms with Crippen molar-refractivity contribution < 1.29 is 8.91 Å². The van der Waals surface area contributed by atoms with Crippen LogP contribution >= 0.6 is 11.6 Å². The van der Waals surface area contributed by atoms with Crippen molar-refractivity contribution in [3.8, 4) is 0 Å². The SMILES string of the molecule is Fc1nc(CCl)no1. The molecule has 0 saturated heterocycles. The summed E-state index contributed by atoms with van der Waals surface area (Å²) >= 11 is 5.19. The van der Waals surface area contributed by atoms with E-state index >= 15 is 0 Å². The summed E-state index contributed by atoms with van der Waals surface area (Å²) in [5.74, 6) is 0.247. The predicted octanol–water partition coefficient (Wildman–Crippen LogP) is 0.948. The molecule has 0 saturated carbocycles. The van der Waals surface area contributed by atoms with Gasteiger partial charge in [-0.05, 0) is 0 Å². The highest BCUT2D eigenvalue weighted by Gasteiger charge is 2.00. The second-order valence-corrected chi connectivity index (χ2v) is 1.36. The Labute approximate surface area is 49.5 Å². The molecule has 0 bridgehead atoms. The quantitative estimate of drug-likeness (QED) is 0.540. The third kappa shape index (κ3) is 0.949. The molecule has 0 amide bonds. The molecule has 0 N–H and O–H groups in total. The Morgan fingerprint density at radius 1 is 1.75 bits per heavy atom. The fraction of sp³-hybridized carbons (Fsp3) is 0.333. The molecule has 1 heterocycles. The van der Waals surface area contributed by atoms with Crippen molar-refractivity contribution >= 4 is 11.6 Å². The molecular weight excluding hydrogens is 134 g/mol. The van der Waals surface area contributed by atoms with Crippen molar-refractivity contribution in [2.75, 3.05) is 0 Å². The summed E-state index contributed by atoms with van der Waals surface area (Å²) in [4.78, 5) is 3.15. The van der Waals surface area contributed by atoms with Gasteiger partial charge < -0.3 is 4.52 Å². The molecule has 1 aromatic rings. The van der Waals surface area contributed by atoms with Gasteiger partial charge in [0.15, 0.2) is 5.82 Å². The molecule has 0 fully saturated rings. The van der Waals surface area contributed by atoms with E-state index in [-0.39, 0.29) is 11.7 Å². The second-order valence-electron chi connectivity index (χ2n) is 1.10. The Morgan fingerprint density at radius 3 is 2.75 bits per heavy atom. The molecule has 0 aliphatic carbocycles. The predicted molar refractivity (Wildman–Crippen MR) is 23.8 cm³/mol. The highest BCUT2D eigenvalue weighted by atomic mass is 35.5. The largest absolute Gasteiger partial charge is 0.405 e. The van der Waals surface area contributed by atoms with Gasteiger partial charge in [-0.15, -0.1) is 16.0 Å². The third-order valence-corrected chi connectivity index (χ3v) is 0.802. The lowest BCUT2D eigenvalue weighted by Gasteiger charge is -1.70. The minimum Gasteiger partial charge on any atom is -0.303 e. The first-order valence-electron chi connectivity index (χ1n) is 1.87. The summed E-state index contributed by atoms with van der Waals surface area (Å²) in [5.41, 5.74) is 0. The maximum atomic E-state index is 11.7. The van der Waals surface area contributed by atoms with Gasteiger partial charge in [0.25, 0.3) is 0 Å². The molecule has 1 rings (SSSR count). The lowest BCUT2D eigenvalue weighted by molar-refractivity contribution is 0.267. The molecule has 8 heavy (non-hydrogen) atoms. The number of nitrogens with zero attached hydrogens (tertiary/aromatic N) is 2. The monoisotopic (exact) mass is 136 g/mol. The molecule has 0 aliphatic heterocycles. The van der Waals surface area contributed by atoms with Crippen molar-refractivity contribution in [1.82, 2.24) is 10.1 Å². The summed E-state index contributed by atoms with van der Waals surface area (Å²) in [6.07, 6.45) is -0.944. The van der Waals surface area contributed by atoms with Crippen LogP contribution in [0.1, 0.15) is 5.82 Å². The van der Waals surface area contributed by atoms with Gasteiger partial charge in [0.2, 0.25) is 0 Å². The van der Waals surface area contributed by atoms with Gasteiger partial charge >= 0.3 is 6.14 Å². The highest BCUT2D eigenvalue weighted by Crippen LogP contribution is 1.96. The van der Waals surface area contributed by atoms with Crippen LogP contribution in [0.15, 0.2) is 4.52 Å². The molecular formula is C3H2ClFN2O. The van der Waals surface area contributed by atoms with Crippen LogP contribution in [-0.2, 0) is 5.88 Å². The lowest BCUT2D eigenvalue weighted by Crippen LogP contribution is -1.78. The van der Waals surface area contributed by atoms with E-state index in [4.69, 9.17) is 11.6 Å². The average molecular weight is 137 g/mol. The topological polar surface area (TPSA) is 38.9 Å². The van der Waals surface area contributed by atoms with Gasteiger partial charge in [0.05, 0.1) is 5.88 Å². The summed E-state index contributed by atoms with van der Waals surface area (Å²) in [7, 11) is 0. The van der Waals surface area contributed by atoms with Crippen LogP contribution in [0, 0.1) is 6.14 Å². The number of aromatic nitrogens is 2. The van der Waals surface area contributed by atoms with Crippen molar-refractivity contribution in [2.24, 2.45) is 0 Å². The maximum Gasteiger partial charge on any atom is 0.405 e. The number of alkyl halides is 1. The fourth-order valence-electron chi connectivity index (χ4n) is 0.287. The molecule has 0 radical (unpaired) electrons. The van der Waals surface area contributed by atoms with Crippen LogP contribution in [0.3, 0.4) is 0 Å². The zero-order valence-corrected chi connectivity index (χ0v) is 4.52. The molecule has 0 aliphatic rings. The molecule has 0 unspecified atom stereocenters. The van der Waals surface area contributed by atoms with E-state index in [0.717, 1.165) is 0 Å². The smallest absolute Gasteiger partial charge is 0.303 e. The van der Waals surface area contributed by atoms with Crippen LogP contribution in [0.4, 0.5) is 4.39 Å². The summed E-state index contributed by atoms with van der Waals surface area (Å²) < 4.78 is 15.7. The molecule has 1 aromatic heterocycles. The van der Waals surface area contributed by atoms with Crippen molar-refractivity contribution in [2.45, 2.75) is 5.88 Å². The minimum absolute atomic E-state index is 0.0768. The average Bonchev–Trinajstić information content (AvgIpc) is 2.14. The minimum atomic E-state index is -0.944. The van der Waals surface area contributed by atoms with Crippen molar-refractivity contribution in [3.63, 3.8) is 0 Å². The van der Waals surface area contributed by atoms with E-state index in [0.29, 0.717) is 0 Å². The standard InChI is InChI=1S/C3H2ClFN2O/c4-1-2-6-3(5)8-7-2/h1H2. The van der Waals surface area contributed by atoms with E-state index < -0.39 is 6.14 Å². The molecule has 5 heteroatoms. The van der Waals surface area contributed by atoms with E-state index in [1.807, 2.05) is 0 Å². The van der Waals surface area contributed by atoms with Crippen LogP contribution in [0.5, 0.6) is 0 Å². The van der Waals surface area contributed by atoms with Crippen molar-refractivity contribution in [1.29, 1.82) is 0 Å². The van der Waals surface area contributed by atoms with Crippen LogP contribution < -0.4 is 0 Å². The zero-order chi connectivity index (χ0) is 5.98. The highest BCUT2D eigenvalue weighted by molar-refractivity contribution is 6.16. The molecule has 3 nitrogen and oxygen atoms in total. The molecule has 0 spiro atoms. The first kappa shape index (κ1) is 5.50. The lowest BCUT2D eigenvalue weighted by atomic mass is 10.7. The van der Waals surface area contributed by atoms with Gasteiger partial charge in [0, 0.05) is 0 Å². The van der Waals surface area contributed by atoms with Crippen LogP contribution in [0.25, 0.3) is 0 Å². The Hall–Kier alpha value is -0.640. The van der Waals surface area contributed by atoms with E-state index in [2.05, 4.69) is 14.7 Å². The Balaban J connectivity index is 2.84. The molecule has 0 aromatic carbocycles. The van der Waals surface area contributed by atoms with Gasteiger partial charge in [0.1, 0.15) is 0 Å². The normalized spacial score (nSPS) is 9.75. The zero-order valence-electron chi connectivity index (χ0n) is 3.77. The molecule has 44 valence electrons. The fourth-order valence-corrected chi connectivity index (χ4v) is 0.395. The van der Waals surface area contributed by atoms with Crippen LogP contribution in [-0.4, -0.2) is 10.1 Å². The van der Waals surface area contributed by atoms with Gasteiger partial charge in [-0.2, -0.15) is 4.98 Å². The van der Waals surface area contributed by atoms with E-state index in [9.17, 15) is 4.39 Å². The van der Waals surface area contributed by atoms with E-state index in [1.54, 1.807) is 0 Å². The molecule has 0 atom stereocenters. The van der Waals surface area contributed by atoms with E-state index in [1.165, 1.54) is 0 Å². The van der Waals surface area contributed by atoms with Gasteiger partial charge in [-0.25, -0.2) is 0 Å². The maximum absolute atomic E-state index is 11.7. The van der Waals surface area contributed by atoms with Gasteiger partial charge in [-0.3, -0.25) is 0 Å². The van der Waals surface area contributed by atoms with Crippen LogP contribution in [0.2, 0.25) is 0 Å². The first-order valence-corrected chi connectivity index (χ1v) is 2.40. The number of hydrogen-bond acceptors (Lipinski definition) is 3. The number of hydrogen-bond donors (Lipinski definition) is 0. The Morgan fingerprint density at radius 2 is 2.50 bits per heavy atom. The number of halogens is 2. The Bertz CT molecular complexity index is 178. The summed E-state index contributed by atoms with van der Waals surface area (Å²) in [5, 5.41) is 3.14. The summed E-state index contributed by atoms with van der Waals surface area (Å²) in [6, 6.07) is 0. The number of rotatable bonds is 1. The van der Waals surface area contributed by atoms with Crippen molar-refractivity contribution in [3.05, 3.63) is 12.0 Å². The van der Waals surface area contributed by atoms with Gasteiger partial charge in [-0.1, -0.05) is 5.16 Å². The Kier molecular flexibility index (Phi) is 1.43. The first-order chi connectivity index (χ1) is 3.83. The third-order valence-electron chi connectivity index (χ3n) is 0.563. The summed E-state index contributed by atoms with van der Waals surface area (Å²) in [6.45, 7) is 0. The second kappa shape index (κ2) is 2.09.